The van der Waals surface area contributed by atoms with Gasteiger partial charge in [-0.05, 0) is 12.8 Å². The van der Waals surface area contributed by atoms with E-state index in [1.165, 1.54) is 13.5 Å². The van der Waals surface area contributed by atoms with E-state index in [2.05, 4.69) is 4.74 Å². The summed E-state index contributed by atoms with van der Waals surface area (Å²) < 4.78 is 4.56. The molecule has 16 heavy (non-hydrogen) atoms. The Labute approximate surface area is 98.2 Å². The SMILES string of the molecule is COC(=O)CCCCCCCCC(O)CN. The van der Waals surface area contributed by atoms with Crippen molar-refractivity contribution in [3.8, 4) is 0 Å². The predicted molar refractivity (Wildman–Crippen MR) is 64.0 cm³/mol. The molecular formula is C12H25NO3. The molecule has 1 unspecified atom stereocenters. The molecule has 0 radical (unpaired) electrons. The molecule has 0 aromatic carbocycles. The number of carbonyl (C=O) groups is 1. The molecule has 4 heteroatoms. The molecule has 0 heterocycles. The summed E-state index contributed by atoms with van der Waals surface area (Å²) in [6.45, 7) is 0.360. The van der Waals surface area contributed by atoms with Crippen LogP contribution in [0.1, 0.15) is 51.4 Å². The molecule has 0 spiro atoms. The highest BCUT2D eigenvalue weighted by Gasteiger charge is 2.01. The fraction of sp³-hybridized carbons (Fsp3) is 0.917. The second kappa shape index (κ2) is 10.9. The number of nitrogens with two attached hydrogens (primary N) is 1. The predicted octanol–water partition coefficient (Wildman–Crippen LogP) is 1.60. The van der Waals surface area contributed by atoms with Gasteiger partial charge in [-0.2, -0.15) is 0 Å². The van der Waals surface area contributed by atoms with Gasteiger partial charge in [0.1, 0.15) is 0 Å². The molecule has 0 aromatic rings. The Hall–Kier alpha value is -0.610. The van der Waals surface area contributed by atoms with Gasteiger partial charge in [0.2, 0.25) is 0 Å². The van der Waals surface area contributed by atoms with Crippen LogP contribution in [0, 0.1) is 0 Å². The number of unbranched alkanes of at least 4 members (excludes halogenated alkanes) is 5. The monoisotopic (exact) mass is 231 g/mol. The molecule has 0 fully saturated rings. The maximum atomic E-state index is 10.8. The van der Waals surface area contributed by atoms with Crippen LogP contribution in [0.3, 0.4) is 0 Å². The van der Waals surface area contributed by atoms with E-state index in [1.807, 2.05) is 0 Å². The quantitative estimate of drug-likeness (QED) is 0.442. The lowest BCUT2D eigenvalue weighted by Crippen LogP contribution is -2.19. The minimum atomic E-state index is -0.334. The molecule has 0 rings (SSSR count). The number of methoxy groups -OCH3 is 1. The standard InChI is InChI=1S/C12H25NO3/c1-16-12(15)9-7-5-3-2-4-6-8-11(14)10-13/h11,14H,2-10,13H2,1H3. The largest absolute Gasteiger partial charge is 0.469 e. The van der Waals surface area contributed by atoms with E-state index in [4.69, 9.17) is 5.73 Å². The van der Waals surface area contributed by atoms with Gasteiger partial charge < -0.3 is 15.6 Å². The summed E-state index contributed by atoms with van der Waals surface area (Å²) in [6.07, 6.45) is 7.48. The lowest BCUT2D eigenvalue weighted by molar-refractivity contribution is -0.140. The smallest absolute Gasteiger partial charge is 0.305 e. The minimum absolute atomic E-state index is 0.119. The maximum absolute atomic E-state index is 10.8. The lowest BCUT2D eigenvalue weighted by atomic mass is 10.1. The van der Waals surface area contributed by atoms with Crippen LogP contribution >= 0.6 is 0 Å². The number of rotatable bonds is 10. The number of hydrogen-bond acceptors (Lipinski definition) is 4. The Morgan fingerprint density at radius 1 is 1.19 bits per heavy atom. The van der Waals surface area contributed by atoms with Gasteiger partial charge in [0, 0.05) is 13.0 Å². The van der Waals surface area contributed by atoms with E-state index in [0.717, 1.165) is 38.5 Å². The summed E-state index contributed by atoms with van der Waals surface area (Å²) in [5, 5.41) is 9.21. The number of carbonyl (C=O) groups excluding carboxylic acids is 1. The van der Waals surface area contributed by atoms with E-state index in [1.54, 1.807) is 0 Å². The summed E-state index contributed by atoms with van der Waals surface area (Å²) in [7, 11) is 1.42. The highest BCUT2D eigenvalue weighted by atomic mass is 16.5. The summed E-state index contributed by atoms with van der Waals surface area (Å²) >= 11 is 0. The first-order chi connectivity index (χ1) is 7.70. The zero-order valence-corrected chi connectivity index (χ0v) is 10.3. The van der Waals surface area contributed by atoms with Gasteiger partial charge in [-0.1, -0.05) is 32.1 Å². The Kier molecular flexibility index (Phi) is 10.5. The molecule has 0 aromatic heterocycles. The molecule has 0 saturated carbocycles. The first kappa shape index (κ1) is 15.4. The van der Waals surface area contributed by atoms with E-state index >= 15 is 0 Å². The molecule has 96 valence electrons. The van der Waals surface area contributed by atoms with Crippen molar-refractivity contribution in [1.82, 2.24) is 0 Å². The summed E-state index contributed by atoms with van der Waals surface area (Å²) in [5.74, 6) is -0.119. The molecule has 0 aliphatic heterocycles. The van der Waals surface area contributed by atoms with E-state index in [9.17, 15) is 9.90 Å². The summed E-state index contributed by atoms with van der Waals surface area (Å²) in [6, 6.07) is 0. The van der Waals surface area contributed by atoms with Crippen molar-refractivity contribution >= 4 is 5.97 Å². The number of hydrogen-bond donors (Lipinski definition) is 2. The maximum Gasteiger partial charge on any atom is 0.305 e. The third kappa shape index (κ3) is 9.93. The fourth-order valence-corrected chi connectivity index (χ4v) is 1.58. The molecule has 0 aliphatic carbocycles. The van der Waals surface area contributed by atoms with Crippen LogP contribution in [0.4, 0.5) is 0 Å². The zero-order chi connectivity index (χ0) is 12.2. The molecule has 0 aliphatic rings. The second-order valence-corrected chi connectivity index (χ2v) is 4.13. The van der Waals surface area contributed by atoms with Crippen LogP contribution < -0.4 is 5.73 Å². The van der Waals surface area contributed by atoms with E-state index < -0.39 is 0 Å². The van der Waals surface area contributed by atoms with Gasteiger partial charge in [0.15, 0.2) is 0 Å². The minimum Gasteiger partial charge on any atom is -0.469 e. The third-order valence-corrected chi connectivity index (χ3v) is 2.67. The number of ether oxygens (including phenoxy) is 1. The Morgan fingerprint density at radius 3 is 2.31 bits per heavy atom. The Morgan fingerprint density at radius 2 is 1.75 bits per heavy atom. The first-order valence-electron chi connectivity index (χ1n) is 6.15. The highest BCUT2D eigenvalue weighted by Crippen LogP contribution is 2.09. The molecule has 1 atom stereocenters. The Bertz CT molecular complexity index is 174. The van der Waals surface area contributed by atoms with Crippen molar-refractivity contribution in [2.24, 2.45) is 5.73 Å². The zero-order valence-electron chi connectivity index (χ0n) is 10.3. The number of esters is 1. The van der Waals surface area contributed by atoms with E-state index in [0.29, 0.717) is 13.0 Å². The third-order valence-electron chi connectivity index (χ3n) is 2.67. The lowest BCUT2D eigenvalue weighted by Gasteiger charge is -2.06. The topological polar surface area (TPSA) is 72.5 Å². The van der Waals surface area contributed by atoms with Crippen molar-refractivity contribution in [2.75, 3.05) is 13.7 Å². The van der Waals surface area contributed by atoms with Gasteiger partial charge in [-0.3, -0.25) is 4.79 Å². The molecule has 4 nitrogen and oxygen atoms in total. The van der Waals surface area contributed by atoms with E-state index in [-0.39, 0.29) is 12.1 Å². The summed E-state index contributed by atoms with van der Waals surface area (Å²) in [4.78, 5) is 10.8. The number of aliphatic hydroxyl groups excluding tert-OH is 1. The molecule has 0 saturated heterocycles. The van der Waals surface area contributed by atoms with Crippen LogP contribution in [-0.4, -0.2) is 30.8 Å². The van der Waals surface area contributed by atoms with Crippen molar-refractivity contribution in [2.45, 2.75) is 57.5 Å². The van der Waals surface area contributed by atoms with Crippen LogP contribution in [-0.2, 0) is 9.53 Å². The van der Waals surface area contributed by atoms with Gasteiger partial charge in [-0.25, -0.2) is 0 Å². The van der Waals surface area contributed by atoms with Crippen molar-refractivity contribution in [3.05, 3.63) is 0 Å². The van der Waals surface area contributed by atoms with Gasteiger partial charge >= 0.3 is 5.97 Å². The average molecular weight is 231 g/mol. The van der Waals surface area contributed by atoms with Crippen molar-refractivity contribution in [3.63, 3.8) is 0 Å². The van der Waals surface area contributed by atoms with Crippen LogP contribution in [0.15, 0.2) is 0 Å². The normalized spacial score (nSPS) is 12.4. The van der Waals surface area contributed by atoms with Gasteiger partial charge in [-0.15, -0.1) is 0 Å². The fourth-order valence-electron chi connectivity index (χ4n) is 1.58. The summed E-state index contributed by atoms with van der Waals surface area (Å²) in [5.41, 5.74) is 5.30. The molecular weight excluding hydrogens is 206 g/mol. The van der Waals surface area contributed by atoms with Gasteiger partial charge in [0.05, 0.1) is 13.2 Å². The second-order valence-electron chi connectivity index (χ2n) is 4.13. The molecule has 0 amide bonds. The van der Waals surface area contributed by atoms with Crippen LogP contribution in [0.25, 0.3) is 0 Å². The Balaban J connectivity index is 3.07. The van der Waals surface area contributed by atoms with Crippen LogP contribution in [0.5, 0.6) is 0 Å². The average Bonchev–Trinajstić information content (AvgIpc) is 2.31. The van der Waals surface area contributed by atoms with Crippen molar-refractivity contribution < 1.29 is 14.6 Å². The van der Waals surface area contributed by atoms with Crippen molar-refractivity contribution in [1.29, 1.82) is 0 Å². The number of aliphatic hydroxyl groups is 1. The van der Waals surface area contributed by atoms with Gasteiger partial charge in [0.25, 0.3) is 0 Å². The molecule has 3 N–H and O–H groups in total. The first-order valence-corrected chi connectivity index (χ1v) is 6.15. The molecule has 0 bridgehead atoms. The van der Waals surface area contributed by atoms with Crippen LogP contribution in [0.2, 0.25) is 0 Å². The highest BCUT2D eigenvalue weighted by molar-refractivity contribution is 5.68.